The summed E-state index contributed by atoms with van der Waals surface area (Å²) >= 11 is 1.58. The summed E-state index contributed by atoms with van der Waals surface area (Å²) < 4.78 is 1.58. The third kappa shape index (κ3) is 6.22. The van der Waals surface area contributed by atoms with Gasteiger partial charge in [0, 0.05) is 37.0 Å². The van der Waals surface area contributed by atoms with Crippen LogP contribution in [0.1, 0.15) is 52.1 Å². The first-order chi connectivity index (χ1) is 10.5. The molecule has 1 unspecified atom stereocenters. The number of carbonyl (C=O) groups excluding carboxylic acids is 1. The molecule has 1 amide bonds. The number of rotatable bonds is 9. The second-order valence-electron chi connectivity index (χ2n) is 5.46. The molecule has 1 rings (SSSR count). The minimum absolute atomic E-state index is 0.0118. The molecule has 0 aliphatic heterocycles. The van der Waals surface area contributed by atoms with Crippen molar-refractivity contribution in [2.24, 2.45) is 7.05 Å². The summed E-state index contributed by atoms with van der Waals surface area (Å²) in [7, 11) is 1.75. The van der Waals surface area contributed by atoms with E-state index < -0.39 is 0 Å². The van der Waals surface area contributed by atoms with Crippen LogP contribution >= 0.6 is 11.8 Å². The Kier molecular flexibility index (Phi) is 8.24. The van der Waals surface area contributed by atoms with Crippen LogP contribution in [0.4, 0.5) is 0 Å². The quantitative estimate of drug-likeness (QED) is 0.430. The van der Waals surface area contributed by atoms with Crippen molar-refractivity contribution in [1.29, 1.82) is 0 Å². The summed E-state index contributed by atoms with van der Waals surface area (Å²) in [5.41, 5.74) is 0.820. The molecule has 1 atom stereocenters. The number of aromatic nitrogens is 2. The molecule has 0 spiro atoms. The van der Waals surface area contributed by atoms with Crippen molar-refractivity contribution in [3.63, 3.8) is 0 Å². The first-order valence-corrected chi connectivity index (χ1v) is 8.95. The highest BCUT2D eigenvalue weighted by Gasteiger charge is 2.07. The maximum absolute atomic E-state index is 11.8. The third-order valence-corrected chi connectivity index (χ3v) is 4.67. The number of carbonyl (C=O) groups is 1. The van der Waals surface area contributed by atoms with E-state index in [1.807, 2.05) is 13.8 Å². The fourth-order valence-electron chi connectivity index (χ4n) is 1.87. The fraction of sp³-hybridized carbons (Fsp3) is 0.688. The van der Waals surface area contributed by atoms with E-state index in [1.54, 1.807) is 29.4 Å². The van der Waals surface area contributed by atoms with E-state index in [1.165, 1.54) is 0 Å². The monoisotopic (exact) mass is 325 g/mol. The molecule has 0 aliphatic carbocycles. The highest BCUT2D eigenvalue weighted by Crippen LogP contribution is 2.16. The van der Waals surface area contributed by atoms with Crippen LogP contribution < -0.4 is 10.9 Å². The van der Waals surface area contributed by atoms with E-state index in [0.29, 0.717) is 6.42 Å². The molecular formula is C16H27N3O2S. The van der Waals surface area contributed by atoms with Crippen LogP contribution in [0.25, 0.3) is 0 Å². The van der Waals surface area contributed by atoms with E-state index in [4.69, 9.17) is 0 Å². The number of thioether (sulfide) groups is 1. The molecule has 22 heavy (non-hydrogen) atoms. The zero-order valence-corrected chi connectivity index (χ0v) is 14.8. The zero-order chi connectivity index (χ0) is 16.5. The average molecular weight is 325 g/mol. The van der Waals surface area contributed by atoms with E-state index in [2.05, 4.69) is 17.2 Å². The van der Waals surface area contributed by atoms with Crippen molar-refractivity contribution in [3.8, 4) is 0 Å². The molecule has 0 radical (unpaired) electrons. The normalized spacial score (nSPS) is 12.2. The lowest BCUT2D eigenvalue weighted by molar-refractivity contribution is -0.121. The molecule has 5 nitrogen and oxygen atoms in total. The summed E-state index contributed by atoms with van der Waals surface area (Å²) in [4.78, 5) is 27.9. The van der Waals surface area contributed by atoms with Crippen molar-refractivity contribution in [2.45, 2.75) is 64.1 Å². The van der Waals surface area contributed by atoms with E-state index >= 15 is 0 Å². The first-order valence-electron chi connectivity index (χ1n) is 7.97. The Bertz CT molecular complexity index is 543. The minimum atomic E-state index is -0.0118. The lowest BCUT2D eigenvalue weighted by Crippen LogP contribution is -2.31. The van der Waals surface area contributed by atoms with Crippen LogP contribution in [0, 0.1) is 0 Å². The van der Waals surface area contributed by atoms with Crippen LogP contribution in [-0.4, -0.2) is 27.3 Å². The van der Waals surface area contributed by atoms with Crippen LogP contribution in [0.3, 0.4) is 0 Å². The fourth-order valence-corrected chi connectivity index (χ4v) is 2.87. The largest absolute Gasteiger partial charge is 0.354 e. The van der Waals surface area contributed by atoms with Gasteiger partial charge < -0.3 is 5.32 Å². The predicted molar refractivity (Wildman–Crippen MR) is 91.3 cm³/mol. The molecule has 0 aromatic carbocycles. The van der Waals surface area contributed by atoms with Crippen molar-refractivity contribution < 1.29 is 4.79 Å². The molecule has 0 saturated carbocycles. The van der Waals surface area contributed by atoms with Crippen molar-refractivity contribution >= 4 is 17.7 Å². The van der Waals surface area contributed by atoms with Gasteiger partial charge in [-0.25, -0.2) is 4.98 Å². The van der Waals surface area contributed by atoms with E-state index in [0.717, 1.165) is 42.3 Å². The Hall–Kier alpha value is -1.30. The molecule has 1 aromatic heterocycles. The molecular weight excluding hydrogens is 298 g/mol. The summed E-state index contributed by atoms with van der Waals surface area (Å²) in [6.07, 6.45) is 4.07. The summed E-state index contributed by atoms with van der Waals surface area (Å²) in [6, 6.07) is 1.83. The Morgan fingerprint density at radius 2 is 2.14 bits per heavy atom. The number of nitrogens with one attached hydrogen (secondary N) is 1. The van der Waals surface area contributed by atoms with Crippen LogP contribution in [0.2, 0.25) is 0 Å². The maximum Gasteiger partial charge on any atom is 0.254 e. The Labute approximate surface area is 136 Å². The Morgan fingerprint density at radius 1 is 1.41 bits per heavy atom. The van der Waals surface area contributed by atoms with Gasteiger partial charge in [-0.3, -0.25) is 14.2 Å². The number of hydrogen-bond donors (Lipinski definition) is 1. The number of nitrogens with zero attached hydrogens (tertiary/aromatic N) is 2. The topological polar surface area (TPSA) is 64.0 Å². The Balaban J connectivity index is 2.35. The predicted octanol–water partition coefficient (Wildman–Crippen LogP) is 2.52. The van der Waals surface area contributed by atoms with Gasteiger partial charge in [-0.2, -0.15) is 0 Å². The van der Waals surface area contributed by atoms with E-state index in [9.17, 15) is 9.59 Å². The van der Waals surface area contributed by atoms with E-state index in [-0.39, 0.29) is 17.5 Å². The molecule has 124 valence electrons. The summed E-state index contributed by atoms with van der Waals surface area (Å²) in [6.45, 7) is 6.07. The smallest absolute Gasteiger partial charge is 0.254 e. The average Bonchev–Trinajstić information content (AvgIpc) is 2.50. The second kappa shape index (κ2) is 9.66. The molecule has 1 heterocycles. The lowest BCUT2D eigenvalue weighted by atomic mass is 10.2. The van der Waals surface area contributed by atoms with Gasteiger partial charge in [0.25, 0.3) is 5.56 Å². The van der Waals surface area contributed by atoms with Gasteiger partial charge in [-0.15, -0.1) is 0 Å². The standard InChI is InChI=1S/C16H27N3O2S/c1-5-12(3)17-14(20)9-7-8-10-22-16-18-13(6-2)11-15(21)19(16)4/h11-12H,5-10H2,1-4H3,(H,17,20). The van der Waals surface area contributed by atoms with Gasteiger partial charge in [-0.05, 0) is 32.6 Å². The number of amides is 1. The molecule has 0 aliphatic rings. The SMILES string of the molecule is CCc1cc(=O)n(C)c(SCCCCC(=O)NC(C)CC)n1. The van der Waals surface area contributed by atoms with Crippen LogP contribution in [0.15, 0.2) is 16.0 Å². The van der Waals surface area contributed by atoms with Crippen LogP contribution in [0.5, 0.6) is 0 Å². The number of unbranched alkanes of at least 4 members (excludes halogenated alkanes) is 1. The number of hydrogen-bond acceptors (Lipinski definition) is 4. The van der Waals surface area contributed by atoms with Crippen molar-refractivity contribution in [2.75, 3.05) is 5.75 Å². The maximum atomic E-state index is 11.8. The molecule has 1 N–H and O–H groups in total. The molecule has 0 fully saturated rings. The second-order valence-corrected chi connectivity index (χ2v) is 6.53. The third-order valence-electron chi connectivity index (χ3n) is 3.56. The van der Waals surface area contributed by atoms with Gasteiger partial charge in [-0.1, -0.05) is 25.6 Å². The lowest BCUT2D eigenvalue weighted by Gasteiger charge is -2.11. The number of aryl methyl sites for hydroxylation is 1. The Morgan fingerprint density at radius 3 is 2.77 bits per heavy atom. The molecule has 6 heteroatoms. The molecule has 1 aromatic rings. The summed E-state index contributed by atoms with van der Waals surface area (Å²) in [5.74, 6) is 0.988. The minimum Gasteiger partial charge on any atom is -0.354 e. The van der Waals surface area contributed by atoms with Gasteiger partial charge in [0.15, 0.2) is 5.16 Å². The van der Waals surface area contributed by atoms with Crippen LogP contribution in [-0.2, 0) is 18.3 Å². The van der Waals surface area contributed by atoms with Gasteiger partial charge in [0.1, 0.15) is 0 Å². The zero-order valence-electron chi connectivity index (χ0n) is 14.0. The van der Waals surface area contributed by atoms with Crippen molar-refractivity contribution in [1.82, 2.24) is 14.9 Å². The van der Waals surface area contributed by atoms with Crippen molar-refractivity contribution in [3.05, 3.63) is 22.1 Å². The first kappa shape index (κ1) is 18.7. The van der Waals surface area contributed by atoms with Gasteiger partial charge in [0.2, 0.25) is 5.91 Å². The molecule has 0 saturated heterocycles. The summed E-state index contributed by atoms with van der Waals surface area (Å²) in [5, 5.41) is 3.72. The molecule has 0 bridgehead atoms. The van der Waals surface area contributed by atoms with Gasteiger partial charge >= 0.3 is 0 Å². The highest BCUT2D eigenvalue weighted by molar-refractivity contribution is 7.99. The highest BCUT2D eigenvalue weighted by atomic mass is 32.2. The van der Waals surface area contributed by atoms with Gasteiger partial charge in [0.05, 0.1) is 0 Å².